The highest BCUT2D eigenvalue weighted by Gasteiger charge is 2.20. The van der Waals surface area contributed by atoms with Gasteiger partial charge in [-0.2, -0.15) is 0 Å². The maximum absolute atomic E-state index is 13.8. The number of likely N-dealkylation sites (N-methyl/N-ethyl adjacent to an activating group) is 1. The number of nitrogens with one attached hydrogen (secondary N) is 2. The van der Waals surface area contributed by atoms with E-state index in [1.165, 1.54) is 6.07 Å². The van der Waals surface area contributed by atoms with E-state index in [9.17, 15) is 8.78 Å². The Kier molecular flexibility index (Phi) is 3.43. The molecule has 1 atom stereocenters. The normalized spacial score (nSPS) is 16.6. The molecule has 2 nitrogen and oxygen atoms in total. The van der Waals surface area contributed by atoms with Crippen molar-refractivity contribution in [2.45, 2.75) is 19.4 Å². The fraction of sp³-hybridized carbons (Fsp3) is 0.385. The van der Waals surface area contributed by atoms with Gasteiger partial charge in [-0.1, -0.05) is 6.07 Å². The quantitative estimate of drug-likeness (QED) is 0.824. The summed E-state index contributed by atoms with van der Waals surface area (Å²) in [4.78, 5) is 0. The van der Waals surface area contributed by atoms with Crippen LogP contribution in [0.1, 0.15) is 18.1 Å². The second-order valence-corrected chi connectivity index (χ2v) is 4.20. The number of benzene rings is 1. The predicted octanol–water partition coefficient (Wildman–Crippen LogP) is 2.06. The van der Waals surface area contributed by atoms with Crippen LogP contribution in [0.15, 0.2) is 18.3 Å². The van der Waals surface area contributed by atoms with E-state index >= 15 is 0 Å². The molecule has 0 spiro atoms. The van der Waals surface area contributed by atoms with E-state index in [2.05, 4.69) is 10.6 Å². The highest BCUT2D eigenvalue weighted by molar-refractivity contribution is 5.72. The van der Waals surface area contributed by atoms with Crippen molar-refractivity contribution in [3.8, 4) is 0 Å². The van der Waals surface area contributed by atoms with Crippen LogP contribution in [0.2, 0.25) is 0 Å². The number of hydrogen-bond donors (Lipinski definition) is 2. The van der Waals surface area contributed by atoms with E-state index in [0.717, 1.165) is 11.1 Å². The molecule has 4 heteroatoms. The third kappa shape index (κ3) is 2.17. The molecule has 1 aliphatic rings. The summed E-state index contributed by atoms with van der Waals surface area (Å²) >= 11 is 0. The lowest BCUT2D eigenvalue weighted by molar-refractivity contribution is 0.498. The molecule has 17 heavy (non-hydrogen) atoms. The average Bonchev–Trinajstić information content (AvgIpc) is 2.55. The lowest BCUT2D eigenvalue weighted by Gasteiger charge is -2.17. The van der Waals surface area contributed by atoms with E-state index in [-0.39, 0.29) is 6.04 Å². The Balaban J connectivity index is 2.54. The number of hydrogen-bond acceptors (Lipinski definition) is 2. The average molecular weight is 238 g/mol. The number of halogens is 2. The molecule has 92 valence electrons. The first-order valence-corrected chi connectivity index (χ1v) is 5.73. The van der Waals surface area contributed by atoms with E-state index in [4.69, 9.17) is 0 Å². The first-order chi connectivity index (χ1) is 8.15. The van der Waals surface area contributed by atoms with Crippen LogP contribution in [0, 0.1) is 11.6 Å². The van der Waals surface area contributed by atoms with Gasteiger partial charge in [0.1, 0.15) is 0 Å². The molecular formula is C13H16F2N2. The van der Waals surface area contributed by atoms with Crippen LogP contribution in [0.25, 0.3) is 5.57 Å². The second kappa shape index (κ2) is 4.84. The molecule has 0 saturated heterocycles. The van der Waals surface area contributed by atoms with Gasteiger partial charge in [0.2, 0.25) is 0 Å². The third-order valence-corrected chi connectivity index (χ3v) is 3.18. The molecular weight excluding hydrogens is 222 g/mol. The molecule has 2 N–H and O–H groups in total. The number of fused-ring (bicyclic) bond motifs is 1. The third-order valence-electron chi connectivity index (χ3n) is 3.18. The van der Waals surface area contributed by atoms with Crippen molar-refractivity contribution in [2.75, 3.05) is 13.6 Å². The molecule has 0 aromatic heterocycles. The van der Waals surface area contributed by atoms with Crippen LogP contribution < -0.4 is 10.6 Å². The first kappa shape index (κ1) is 12.0. The minimum atomic E-state index is -0.776. The largest absolute Gasteiger partial charge is 0.390 e. The van der Waals surface area contributed by atoms with Crippen LogP contribution >= 0.6 is 0 Å². The molecule has 2 rings (SSSR count). The van der Waals surface area contributed by atoms with Gasteiger partial charge in [-0.3, -0.25) is 0 Å². The van der Waals surface area contributed by atoms with Crippen molar-refractivity contribution in [3.05, 3.63) is 41.1 Å². The van der Waals surface area contributed by atoms with Gasteiger partial charge in [0.15, 0.2) is 11.6 Å². The van der Waals surface area contributed by atoms with Gasteiger partial charge in [0, 0.05) is 24.4 Å². The lowest BCUT2D eigenvalue weighted by atomic mass is 9.94. The molecule has 1 heterocycles. The van der Waals surface area contributed by atoms with E-state index in [1.54, 1.807) is 6.07 Å². The summed E-state index contributed by atoms with van der Waals surface area (Å²) in [6, 6.07) is 2.93. The standard InChI is InChI=1S/C13H16F2N2/c1-8(16-2)11-7-17-6-5-10-9(11)3-4-12(14)13(10)15/h3-4,7-8,16-17H,5-6H2,1-2H3. The summed E-state index contributed by atoms with van der Waals surface area (Å²) in [5.41, 5.74) is 2.21. The zero-order valence-corrected chi connectivity index (χ0v) is 9.98. The Morgan fingerprint density at radius 2 is 2.12 bits per heavy atom. The fourth-order valence-electron chi connectivity index (χ4n) is 2.08. The van der Waals surface area contributed by atoms with Gasteiger partial charge in [-0.25, -0.2) is 8.78 Å². The molecule has 0 aliphatic carbocycles. The lowest BCUT2D eigenvalue weighted by Crippen LogP contribution is -2.24. The second-order valence-electron chi connectivity index (χ2n) is 4.20. The van der Waals surface area contributed by atoms with Crippen LogP contribution in [0.5, 0.6) is 0 Å². The Morgan fingerprint density at radius 3 is 2.82 bits per heavy atom. The summed E-state index contributed by atoms with van der Waals surface area (Å²) < 4.78 is 27.0. The van der Waals surface area contributed by atoms with Crippen molar-refractivity contribution in [1.82, 2.24) is 10.6 Å². The van der Waals surface area contributed by atoms with Crippen LogP contribution in [0.4, 0.5) is 8.78 Å². The molecule has 0 radical (unpaired) electrons. The smallest absolute Gasteiger partial charge is 0.162 e. The van der Waals surface area contributed by atoms with Crippen molar-refractivity contribution >= 4 is 5.57 Å². The SMILES string of the molecule is CNC(C)C1=CNCCc2c1ccc(F)c2F. The first-order valence-electron chi connectivity index (χ1n) is 5.73. The Hall–Kier alpha value is -1.42. The highest BCUT2D eigenvalue weighted by Crippen LogP contribution is 2.27. The van der Waals surface area contributed by atoms with Crippen LogP contribution in [-0.4, -0.2) is 19.6 Å². The molecule has 1 aromatic carbocycles. The summed E-state index contributed by atoms with van der Waals surface area (Å²) in [5, 5.41) is 6.23. The molecule has 0 fully saturated rings. The summed E-state index contributed by atoms with van der Waals surface area (Å²) in [6.45, 7) is 2.61. The maximum atomic E-state index is 13.8. The zero-order chi connectivity index (χ0) is 12.4. The van der Waals surface area contributed by atoms with Crippen molar-refractivity contribution in [2.24, 2.45) is 0 Å². The van der Waals surface area contributed by atoms with Gasteiger partial charge in [-0.05, 0) is 37.6 Å². The van der Waals surface area contributed by atoms with E-state index in [1.807, 2.05) is 20.2 Å². The fourth-order valence-corrected chi connectivity index (χ4v) is 2.08. The molecule has 1 aromatic rings. The highest BCUT2D eigenvalue weighted by atomic mass is 19.2. The van der Waals surface area contributed by atoms with E-state index in [0.29, 0.717) is 18.5 Å². The maximum Gasteiger partial charge on any atom is 0.162 e. The van der Waals surface area contributed by atoms with Gasteiger partial charge in [-0.15, -0.1) is 0 Å². The van der Waals surface area contributed by atoms with Crippen molar-refractivity contribution < 1.29 is 8.78 Å². The molecule has 1 unspecified atom stereocenters. The minimum absolute atomic E-state index is 0.0872. The summed E-state index contributed by atoms with van der Waals surface area (Å²) in [6.07, 6.45) is 2.37. The van der Waals surface area contributed by atoms with Gasteiger partial charge < -0.3 is 10.6 Å². The predicted molar refractivity (Wildman–Crippen MR) is 64.6 cm³/mol. The van der Waals surface area contributed by atoms with Crippen LogP contribution in [-0.2, 0) is 6.42 Å². The minimum Gasteiger partial charge on any atom is -0.390 e. The molecule has 1 aliphatic heterocycles. The van der Waals surface area contributed by atoms with Gasteiger partial charge >= 0.3 is 0 Å². The molecule has 0 amide bonds. The molecule has 0 bridgehead atoms. The van der Waals surface area contributed by atoms with E-state index < -0.39 is 11.6 Å². The zero-order valence-electron chi connectivity index (χ0n) is 9.98. The summed E-state index contributed by atoms with van der Waals surface area (Å²) in [5.74, 6) is -1.50. The molecule has 0 saturated carbocycles. The van der Waals surface area contributed by atoms with Gasteiger partial charge in [0.05, 0.1) is 0 Å². The summed E-state index contributed by atoms with van der Waals surface area (Å²) in [7, 11) is 1.84. The number of rotatable bonds is 2. The topological polar surface area (TPSA) is 24.1 Å². The van der Waals surface area contributed by atoms with Crippen molar-refractivity contribution in [1.29, 1.82) is 0 Å². The Morgan fingerprint density at radius 1 is 1.35 bits per heavy atom. The van der Waals surface area contributed by atoms with Crippen molar-refractivity contribution in [3.63, 3.8) is 0 Å². The monoisotopic (exact) mass is 238 g/mol. The van der Waals surface area contributed by atoms with Gasteiger partial charge in [0.25, 0.3) is 0 Å². The Bertz CT molecular complexity index is 455. The Labute approximate surface area is 99.7 Å². The van der Waals surface area contributed by atoms with Crippen LogP contribution in [0.3, 0.4) is 0 Å².